The number of fused-ring (bicyclic) bond motifs is 1. The Labute approximate surface area is 202 Å². The van der Waals surface area contributed by atoms with Crippen LogP contribution in [0.5, 0.6) is 0 Å². The van der Waals surface area contributed by atoms with Crippen molar-refractivity contribution in [2.75, 3.05) is 13.1 Å². The second kappa shape index (κ2) is 9.35. The van der Waals surface area contributed by atoms with Gasteiger partial charge in [0.15, 0.2) is 0 Å². The normalized spacial score (nSPS) is 17.8. The molecule has 3 aromatic rings. The van der Waals surface area contributed by atoms with Crippen molar-refractivity contribution < 1.29 is 13.2 Å². The van der Waals surface area contributed by atoms with Gasteiger partial charge in [0.1, 0.15) is 0 Å². The monoisotopic (exact) mass is 474 g/mol. The zero-order chi connectivity index (χ0) is 23.7. The Morgan fingerprint density at radius 2 is 1.71 bits per heavy atom. The molecule has 176 valence electrons. The highest BCUT2D eigenvalue weighted by Gasteiger charge is 2.36. The highest BCUT2D eigenvalue weighted by molar-refractivity contribution is 7.89. The Morgan fingerprint density at radius 3 is 2.47 bits per heavy atom. The number of sulfonamides is 1. The van der Waals surface area contributed by atoms with E-state index in [1.165, 1.54) is 5.56 Å². The van der Waals surface area contributed by atoms with E-state index in [1.54, 1.807) is 28.6 Å². The lowest BCUT2D eigenvalue weighted by atomic mass is 10.1. The van der Waals surface area contributed by atoms with E-state index in [9.17, 15) is 13.2 Å². The zero-order valence-corrected chi connectivity index (χ0v) is 20.3. The van der Waals surface area contributed by atoms with Crippen molar-refractivity contribution in [1.29, 1.82) is 0 Å². The van der Waals surface area contributed by atoms with Gasteiger partial charge in [-0.1, -0.05) is 60.2 Å². The van der Waals surface area contributed by atoms with E-state index in [2.05, 4.69) is 6.07 Å². The fourth-order valence-corrected chi connectivity index (χ4v) is 6.77. The minimum atomic E-state index is -3.85. The van der Waals surface area contributed by atoms with Crippen molar-refractivity contribution in [2.24, 2.45) is 0 Å². The van der Waals surface area contributed by atoms with Crippen molar-refractivity contribution in [3.8, 4) is 0 Å². The van der Waals surface area contributed by atoms with E-state index in [0.29, 0.717) is 5.56 Å². The molecule has 1 amide bonds. The number of aryl methyl sites for hydroxylation is 2. The minimum Gasteiger partial charge on any atom is -0.339 e. The van der Waals surface area contributed by atoms with E-state index in [1.807, 2.05) is 54.3 Å². The summed E-state index contributed by atoms with van der Waals surface area (Å²) in [5.41, 5.74) is 4.79. The van der Waals surface area contributed by atoms with Gasteiger partial charge in [-0.25, -0.2) is 8.42 Å². The van der Waals surface area contributed by atoms with E-state index >= 15 is 0 Å². The first-order valence-corrected chi connectivity index (χ1v) is 13.4. The molecule has 1 fully saturated rings. The molecule has 0 bridgehead atoms. The number of amides is 1. The fourth-order valence-electron chi connectivity index (χ4n) is 5.10. The number of hydrogen-bond donors (Lipinski definition) is 0. The van der Waals surface area contributed by atoms with Gasteiger partial charge >= 0.3 is 0 Å². The Balaban J connectivity index is 1.53. The van der Waals surface area contributed by atoms with Crippen LogP contribution in [0.25, 0.3) is 0 Å². The summed E-state index contributed by atoms with van der Waals surface area (Å²) in [5, 5.41) is 0. The molecule has 0 aromatic heterocycles. The maximum absolute atomic E-state index is 14.1. The summed E-state index contributed by atoms with van der Waals surface area (Å²) in [6, 6.07) is 22.4. The van der Waals surface area contributed by atoms with Crippen molar-refractivity contribution in [3.05, 3.63) is 101 Å². The Kier molecular flexibility index (Phi) is 6.28. The molecule has 3 aromatic carbocycles. The van der Waals surface area contributed by atoms with E-state index < -0.39 is 10.0 Å². The third-order valence-electron chi connectivity index (χ3n) is 6.99. The first kappa shape index (κ1) is 22.8. The van der Waals surface area contributed by atoms with E-state index in [4.69, 9.17) is 0 Å². The summed E-state index contributed by atoms with van der Waals surface area (Å²) in [5.74, 6) is -0.0918. The lowest BCUT2D eigenvalue weighted by molar-refractivity contribution is 0.0792. The fraction of sp³-hybridized carbons (Fsp3) is 0.321. The van der Waals surface area contributed by atoms with Gasteiger partial charge in [0, 0.05) is 25.2 Å². The maximum Gasteiger partial charge on any atom is 0.253 e. The topological polar surface area (TPSA) is 57.7 Å². The van der Waals surface area contributed by atoms with Crippen LogP contribution in [0.1, 0.15) is 57.9 Å². The first-order chi connectivity index (χ1) is 16.4. The van der Waals surface area contributed by atoms with Gasteiger partial charge in [-0.15, -0.1) is 0 Å². The lowest BCUT2D eigenvalue weighted by Crippen LogP contribution is -2.34. The van der Waals surface area contributed by atoms with Crippen LogP contribution in [0.4, 0.5) is 0 Å². The summed E-state index contributed by atoms with van der Waals surface area (Å²) < 4.78 is 29.8. The average Bonchev–Trinajstić information content (AvgIpc) is 3.54. The number of hydrogen-bond acceptors (Lipinski definition) is 3. The molecule has 0 N–H and O–H groups in total. The van der Waals surface area contributed by atoms with E-state index in [-0.39, 0.29) is 23.4 Å². The predicted octanol–water partition coefficient (Wildman–Crippen LogP) is 5.11. The van der Waals surface area contributed by atoms with Crippen LogP contribution in [0.15, 0.2) is 77.7 Å². The van der Waals surface area contributed by atoms with Crippen LogP contribution in [-0.4, -0.2) is 36.6 Å². The third kappa shape index (κ3) is 4.40. The molecule has 0 radical (unpaired) electrons. The van der Waals surface area contributed by atoms with Gasteiger partial charge in [0.2, 0.25) is 10.0 Å². The molecule has 1 aliphatic carbocycles. The molecule has 1 heterocycles. The van der Waals surface area contributed by atoms with Gasteiger partial charge in [0.05, 0.1) is 10.9 Å². The summed E-state index contributed by atoms with van der Waals surface area (Å²) in [6.45, 7) is 3.77. The van der Waals surface area contributed by atoms with Gasteiger partial charge in [-0.05, 0) is 67.5 Å². The highest BCUT2D eigenvalue weighted by Crippen LogP contribution is 2.39. The van der Waals surface area contributed by atoms with Crippen LogP contribution in [0, 0.1) is 6.92 Å². The molecule has 6 heteroatoms. The van der Waals surface area contributed by atoms with Crippen LogP contribution in [-0.2, 0) is 23.0 Å². The second-order valence-electron chi connectivity index (χ2n) is 9.32. The summed E-state index contributed by atoms with van der Waals surface area (Å²) in [7, 11) is -3.85. The van der Waals surface area contributed by atoms with Crippen LogP contribution >= 0.6 is 0 Å². The summed E-state index contributed by atoms with van der Waals surface area (Å²) in [4.78, 5) is 14.9. The first-order valence-electron chi connectivity index (χ1n) is 12.0. The van der Waals surface area contributed by atoms with Crippen molar-refractivity contribution in [3.63, 3.8) is 0 Å². The van der Waals surface area contributed by atoms with Crippen LogP contribution < -0.4 is 0 Å². The van der Waals surface area contributed by atoms with Gasteiger partial charge in [-0.2, -0.15) is 4.31 Å². The molecule has 1 aliphatic heterocycles. The zero-order valence-electron chi connectivity index (χ0n) is 19.5. The summed E-state index contributed by atoms with van der Waals surface area (Å²) >= 11 is 0. The van der Waals surface area contributed by atoms with Gasteiger partial charge in [-0.3, -0.25) is 4.79 Å². The molecule has 2 aliphatic rings. The quantitative estimate of drug-likeness (QED) is 0.499. The third-order valence-corrected chi connectivity index (χ3v) is 8.84. The minimum absolute atomic E-state index is 0.0918. The Morgan fingerprint density at radius 1 is 0.971 bits per heavy atom. The number of likely N-dealkylation sites (tertiary alicyclic amines) is 1. The molecule has 0 spiro atoms. The van der Waals surface area contributed by atoms with Crippen LogP contribution in [0.2, 0.25) is 0 Å². The molecule has 0 unspecified atom stereocenters. The van der Waals surface area contributed by atoms with Crippen molar-refractivity contribution in [2.45, 2.75) is 50.1 Å². The van der Waals surface area contributed by atoms with Gasteiger partial charge < -0.3 is 4.90 Å². The summed E-state index contributed by atoms with van der Waals surface area (Å²) in [6.07, 6.45) is 3.59. The van der Waals surface area contributed by atoms with Gasteiger partial charge in [0.25, 0.3) is 5.91 Å². The van der Waals surface area contributed by atoms with Crippen molar-refractivity contribution >= 4 is 15.9 Å². The molecule has 5 nitrogen and oxygen atoms in total. The molecule has 1 atom stereocenters. The Hall–Kier alpha value is -2.96. The number of carbonyl (C=O) groups excluding carboxylic acids is 1. The smallest absolute Gasteiger partial charge is 0.253 e. The molecular weight excluding hydrogens is 444 g/mol. The number of benzene rings is 3. The second-order valence-corrected chi connectivity index (χ2v) is 11.2. The standard InChI is InChI=1S/C28H30N2O3S/c1-21-11-13-22(14-12-21)20-30(27-16-15-23-7-2-3-10-26(23)27)34(32,33)25-9-6-8-24(19-25)28(31)29-17-4-5-18-29/h2-3,6-14,19,27H,4-5,15-18,20H2,1H3/t27-/m0/s1. The van der Waals surface area contributed by atoms with E-state index in [0.717, 1.165) is 55.5 Å². The largest absolute Gasteiger partial charge is 0.339 e. The molecule has 0 saturated carbocycles. The maximum atomic E-state index is 14.1. The molecule has 1 saturated heterocycles. The number of carbonyl (C=O) groups is 1. The Bertz CT molecular complexity index is 1300. The lowest BCUT2D eigenvalue weighted by Gasteiger charge is -2.29. The predicted molar refractivity (Wildman–Crippen MR) is 133 cm³/mol. The highest BCUT2D eigenvalue weighted by atomic mass is 32.2. The average molecular weight is 475 g/mol. The molecule has 5 rings (SSSR count). The SMILES string of the molecule is Cc1ccc(CN([C@H]2CCc3ccccc32)S(=O)(=O)c2cccc(C(=O)N3CCCC3)c2)cc1. The number of nitrogens with zero attached hydrogens (tertiary/aromatic N) is 2. The molecular formula is C28H30N2O3S. The van der Waals surface area contributed by atoms with Crippen molar-refractivity contribution in [1.82, 2.24) is 9.21 Å². The molecule has 34 heavy (non-hydrogen) atoms. The van der Waals surface area contributed by atoms with Crippen LogP contribution in [0.3, 0.4) is 0 Å². The number of rotatable bonds is 6.